The fourth-order valence-corrected chi connectivity index (χ4v) is 3.33. The number of carbonyl (C=O) groups excluding carboxylic acids is 2. The van der Waals surface area contributed by atoms with Crippen LogP contribution in [0.3, 0.4) is 0 Å². The fourth-order valence-electron chi connectivity index (χ4n) is 3.33. The molecule has 0 bridgehead atoms. The van der Waals surface area contributed by atoms with Crippen LogP contribution in [0, 0.1) is 0 Å². The van der Waals surface area contributed by atoms with Gasteiger partial charge in [0.25, 0.3) is 0 Å². The Morgan fingerprint density at radius 1 is 0.741 bits per heavy atom. The molecule has 27 heavy (non-hydrogen) atoms. The van der Waals surface area contributed by atoms with Crippen LogP contribution in [-0.4, -0.2) is 24.5 Å². The summed E-state index contributed by atoms with van der Waals surface area (Å²) in [6.45, 7) is 6.34. The van der Waals surface area contributed by atoms with Gasteiger partial charge in [-0.1, -0.05) is 90.9 Å². The Kier molecular flexibility index (Phi) is 18.9. The van der Waals surface area contributed by atoms with E-state index >= 15 is 0 Å². The molecule has 1 N–H and O–H groups in total. The van der Waals surface area contributed by atoms with E-state index < -0.39 is 0 Å². The van der Waals surface area contributed by atoms with Gasteiger partial charge in [0.05, 0.1) is 6.54 Å². The molecule has 160 valence electrons. The van der Waals surface area contributed by atoms with Crippen LogP contribution in [0.1, 0.15) is 124 Å². The molecule has 0 aromatic carbocycles. The first-order valence-electron chi connectivity index (χ1n) is 11.5. The predicted octanol–water partition coefficient (Wildman–Crippen LogP) is 6.32. The van der Waals surface area contributed by atoms with Gasteiger partial charge in [0, 0.05) is 13.3 Å². The fraction of sp³-hybridized carbons (Fsp3) is 0.913. The molecule has 0 saturated carbocycles. The molecule has 0 aliphatic rings. The zero-order valence-corrected chi connectivity index (χ0v) is 18.3. The van der Waals surface area contributed by atoms with Crippen LogP contribution in [0.25, 0.3) is 0 Å². The van der Waals surface area contributed by atoms with Gasteiger partial charge in [-0.3, -0.25) is 9.59 Å². The van der Waals surface area contributed by atoms with Crippen molar-refractivity contribution < 1.29 is 14.3 Å². The Bertz CT molecular complexity index is 358. The number of hydrogen-bond acceptors (Lipinski definition) is 3. The summed E-state index contributed by atoms with van der Waals surface area (Å²) in [4.78, 5) is 23.3. The molecule has 0 aliphatic heterocycles. The van der Waals surface area contributed by atoms with Crippen molar-refractivity contribution in [2.45, 2.75) is 130 Å². The predicted molar refractivity (Wildman–Crippen MR) is 114 cm³/mol. The second-order valence-electron chi connectivity index (χ2n) is 7.82. The Morgan fingerprint density at radius 3 is 1.74 bits per heavy atom. The third kappa shape index (κ3) is 19.5. The lowest BCUT2D eigenvalue weighted by Gasteiger charge is -2.17. The topological polar surface area (TPSA) is 55.4 Å². The first-order valence-corrected chi connectivity index (χ1v) is 11.5. The summed E-state index contributed by atoms with van der Waals surface area (Å²) >= 11 is 0. The summed E-state index contributed by atoms with van der Waals surface area (Å²) in [5.41, 5.74) is 0. The number of amides is 1. The van der Waals surface area contributed by atoms with Crippen LogP contribution in [0.2, 0.25) is 0 Å². The van der Waals surface area contributed by atoms with E-state index in [2.05, 4.69) is 19.2 Å². The summed E-state index contributed by atoms with van der Waals surface area (Å²) in [6.07, 6.45) is 18.4. The number of rotatable bonds is 19. The van der Waals surface area contributed by atoms with Crippen molar-refractivity contribution in [1.82, 2.24) is 5.32 Å². The van der Waals surface area contributed by atoms with Gasteiger partial charge >= 0.3 is 5.97 Å². The zero-order valence-electron chi connectivity index (χ0n) is 18.3. The van der Waals surface area contributed by atoms with Crippen molar-refractivity contribution in [3.63, 3.8) is 0 Å². The third-order valence-corrected chi connectivity index (χ3v) is 5.00. The number of unbranched alkanes of at least 4 members (excludes halogenated alkanes) is 12. The summed E-state index contributed by atoms with van der Waals surface area (Å²) in [5, 5.41) is 2.95. The average Bonchev–Trinajstić information content (AvgIpc) is 2.64. The van der Waals surface area contributed by atoms with Gasteiger partial charge in [0.15, 0.2) is 0 Å². The van der Waals surface area contributed by atoms with E-state index in [1.165, 1.54) is 77.6 Å². The van der Waals surface area contributed by atoms with E-state index in [9.17, 15) is 9.59 Å². The van der Waals surface area contributed by atoms with Gasteiger partial charge in [0.1, 0.15) is 6.10 Å². The molecule has 1 atom stereocenters. The SMILES string of the molecule is CCCCCCCCCC(=O)NCC(CCCCCCCCC)OC(C)=O. The van der Waals surface area contributed by atoms with Crippen molar-refractivity contribution in [3.05, 3.63) is 0 Å². The van der Waals surface area contributed by atoms with Crippen LogP contribution in [-0.2, 0) is 14.3 Å². The lowest BCUT2D eigenvalue weighted by atomic mass is 10.1. The Balaban J connectivity index is 3.78. The van der Waals surface area contributed by atoms with Crippen molar-refractivity contribution >= 4 is 11.9 Å². The lowest BCUT2D eigenvalue weighted by Crippen LogP contribution is -2.34. The lowest BCUT2D eigenvalue weighted by molar-refractivity contribution is -0.147. The van der Waals surface area contributed by atoms with Gasteiger partial charge in [-0.25, -0.2) is 0 Å². The molecule has 0 aromatic heterocycles. The maximum Gasteiger partial charge on any atom is 0.302 e. The normalized spacial score (nSPS) is 12.0. The number of nitrogens with one attached hydrogen (secondary N) is 1. The zero-order chi connectivity index (χ0) is 20.2. The molecule has 4 nitrogen and oxygen atoms in total. The largest absolute Gasteiger partial charge is 0.461 e. The van der Waals surface area contributed by atoms with E-state index in [-0.39, 0.29) is 18.0 Å². The molecular weight excluding hydrogens is 338 g/mol. The highest BCUT2D eigenvalue weighted by Gasteiger charge is 2.13. The van der Waals surface area contributed by atoms with Crippen LogP contribution in [0.15, 0.2) is 0 Å². The maximum atomic E-state index is 12.0. The highest BCUT2D eigenvalue weighted by Crippen LogP contribution is 2.12. The molecule has 0 heterocycles. The molecule has 0 rings (SSSR count). The van der Waals surface area contributed by atoms with Crippen LogP contribution >= 0.6 is 0 Å². The number of carbonyl (C=O) groups is 2. The third-order valence-electron chi connectivity index (χ3n) is 5.00. The molecule has 0 aromatic rings. The first kappa shape index (κ1) is 25.9. The molecule has 0 aliphatic carbocycles. The molecule has 0 spiro atoms. The standard InChI is InChI=1S/C23H45NO3/c1-4-6-8-10-12-14-16-18-22(27-21(3)25)20-24-23(26)19-17-15-13-11-9-7-5-2/h22H,4-20H2,1-3H3,(H,24,26). The minimum Gasteiger partial charge on any atom is -0.461 e. The second-order valence-corrected chi connectivity index (χ2v) is 7.82. The average molecular weight is 384 g/mol. The summed E-state index contributed by atoms with van der Waals surface area (Å²) in [7, 11) is 0. The van der Waals surface area contributed by atoms with Crippen LogP contribution in [0.4, 0.5) is 0 Å². The summed E-state index contributed by atoms with van der Waals surface area (Å²) < 4.78 is 5.37. The van der Waals surface area contributed by atoms with E-state index in [4.69, 9.17) is 4.74 Å². The molecular formula is C23H45NO3. The van der Waals surface area contributed by atoms with Gasteiger partial charge in [0.2, 0.25) is 5.91 Å². The quantitative estimate of drug-likeness (QED) is 0.210. The van der Waals surface area contributed by atoms with Crippen molar-refractivity contribution in [2.24, 2.45) is 0 Å². The Hall–Kier alpha value is -1.06. The van der Waals surface area contributed by atoms with Crippen LogP contribution in [0.5, 0.6) is 0 Å². The first-order chi connectivity index (χ1) is 13.1. The molecule has 0 saturated heterocycles. The van der Waals surface area contributed by atoms with E-state index in [0.717, 1.165) is 25.7 Å². The molecule has 0 radical (unpaired) electrons. The summed E-state index contributed by atoms with van der Waals surface area (Å²) in [6, 6.07) is 0. The van der Waals surface area contributed by atoms with Crippen LogP contribution < -0.4 is 5.32 Å². The monoisotopic (exact) mass is 383 g/mol. The van der Waals surface area contributed by atoms with Gasteiger partial charge < -0.3 is 10.1 Å². The van der Waals surface area contributed by atoms with Gasteiger partial charge in [-0.05, 0) is 19.3 Å². The van der Waals surface area contributed by atoms with Crippen molar-refractivity contribution in [1.29, 1.82) is 0 Å². The van der Waals surface area contributed by atoms with Gasteiger partial charge in [-0.2, -0.15) is 0 Å². The minimum atomic E-state index is -0.260. The maximum absolute atomic E-state index is 12.0. The van der Waals surface area contributed by atoms with Crippen molar-refractivity contribution in [3.8, 4) is 0 Å². The smallest absolute Gasteiger partial charge is 0.302 e. The van der Waals surface area contributed by atoms with E-state index in [0.29, 0.717) is 13.0 Å². The minimum absolute atomic E-state index is 0.0836. The molecule has 0 fully saturated rings. The second kappa shape index (κ2) is 19.7. The Labute approximate surface area is 168 Å². The number of hydrogen-bond donors (Lipinski definition) is 1. The van der Waals surface area contributed by atoms with Crippen molar-refractivity contribution in [2.75, 3.05) is 6.54 Å². The molecule has 4 heteroatoms. The number of ether oxygens (including phenoxy) is 1. The molecule has 1 unspecified atom stereocenters. The Morgan fingerprint density at radius 2 is 1.22 bits per heavy atom. The van der Waals surface area contributed by atoms with Gasteiger partial charge in [-0.15, -0.1) is 0 Å². The highest BCUT2D eigenvalue weighted by molar-refractivity contribution is 5.75. The highest BCUT2D eigenvalue weighted by atomic mass is 16.5. The van der Waals surface area contributed by atoms with E-state index in [1.54, 1.807) is 0 Å². The number of esters is 1. The van der Waals surface area contributed by atoms with E-state index in [1.807, 2.05) is 0 Å². The molecule has 1 amide bonds. The summed E-state index contributed by atoms with van der Waals surface area (Å²) in [5.74, 6) is -0.176.